The highest BCUT2D eigenvalue weighted by molar-refractivity contribution is 6.01. The molecule has 2 fully saturated rings. The molecule has 2 aliphatic heterocycles. The Morgan fingerprint density at radius 3 is 1.85 bits per heavy atom. The lowest BCUT2D eigenvalue weighted by atomic mass is 9.92. The highest BCUT2D eigenvalue weighted by Gasteiger charge is 2.49. The van der Waals surface area contributed by atoms with Crippen LogP contribution in [-0.2, 0) is 46.3 Å². The molecule has 54 heavy (non-hydrogen) atoms. The van der Waals surface area contributed by atoms with Crippen LogP contribution in [0.5, 0.6) is 0 Å². The zero-order valence-corrected chi connectivity index (χ0v) is 32.8. The van der Waals surface area contributed by atoms with E-state index >= 15 is 0 Å². The monoisotopic (exact) mass is 748 g/mol. The SMILES string of the molecule is CO/N=C(/[C@H](CC(C)C)NC(=O)[C@H](Cc1ccccc1)NC(=O)[C@H](CC(C)C)NC(=O)[C@H](CCc1ccccc1)NC(=O)CN1CCOCC1)[C@@]1(C)CO1. The molecular formula is C41H60N6O7. The zero-order valence-electron chi connectivity index (χ0n) is 32.8. The number of aryl methyl sites for hydroxylation is 1. The Morgan fingerprint density at radius 1 is 0.759 bits per heavy atom. The van der Waals surface area contributed by atoms with Crippen molar-refractivity contribution in [1.82, 2.24) is 26.2 Å². The molecule has 2 saturated heterocycles. The van der Waals surface area contributed by atoms with Crippen molar-refractivity contribution in [2.75, 3.05) is 46.6 Å². The molecule has 2 aromatic carbocycles. The van der Waals surface area contributed by atoms with Gasteiger partial charge in [0.1, 0.15) is 36.5 Å². The number of carbonyl (C=O) groups is 4. The highest BCUT2D eigenvalue weighted by atomic mass is 16.6. The molecule has 0 aliphatic carbocycles. The Labute approximate surface area is 320 Å². The van der Waals surface area contributed by atoms with Crippen LogP contribution in [0.25, 0.3) is 0 Å². The molecule has 2 aliphatic rings. The molecule has 5 atom stereocenters. The second kappa shape index (κ2) is 20.9. The van der Waals surface area contributed by atoms with E-state index in [9.17, 15) is 19.2 Å². The van der Waals surface area contributed by atoms with Crippen LogP contribution in [0.15, 0.2) is 65.8 Å². The van der Waals surface area contributed by atoms with Gasteiger partial charge in [0.15, 0.2) is 0 Å². The predicted octanol–water partition coefficient (Wildman–Crippen LogP) is 3.02. The summed E-state index contributed by atoms with van der Waals surface area (Å²) in [4.78, 5) is 62.8. The van der Waals surface area contributed by atoms with Crippen molar-refractivity contribution in [3.63, 3.8) is 0 Å². The Hall–Kier alpha value is -4.33. The summed E-state index contributed by atoms with van der Waals surface area (Å²) in [6.07, 6.45) is 2.00. The minimum absolute atomic E-state index is 0.0312. The van der Waals surface area contributed by atoms with Crippen LogP contribution in [0.4, 0.5) is 0 Å². The molecular weight excluding hydrogens is 688 g/mol. The third-order valence-electron chi connectivity index (χ3n) is 9.61. The number of nitrogens with one attached hydrogen (secondary N) is 4. The summed E-state index contributed by atoms with van der Waals surface area (Å²) < 4.78 is 11.1. The van der Waals surface area contributed by atoms with Gasteiger partial charge < -0.3 is 35.6 Å². The Balaban J connectivity index is 1.54. The van der Waals surface area contributed by atoms with E-state index in [1.165, 1.54) is 7.11 Å². The topological polar surface area (TPSA) is 163 Å². The molecule has 0 spiro atoms. The normalized spacial score (nSPS) is 19.7. The molecule has 4 N–H and O–H groups in total. The maximum atomic E-state index is 14.2. The van der Waals surface area contributed by atoms with Crippen molar-refractivity contribution >= 4 is 29.3 Å². The van der Waals surface area contributed by atoms with Gasteiger partial charge in [0.25, 0.3) is 0 Å². The predicted molar refractivity (Wildman–Crippen MR) is 208 cm³/mol. The van der Waals surface area contributed by atoms with Gasteiger partial charge in [0, 0.05) is 19.5 Å². The van der Waals surface area contributed by atoms with Gasteiger partial charge >= 0.3 is 0 Å². The maximum absolute atomic E-state index is 14.2. The lowest BCUT2D eigenvalue weighted by Crippen LogP contribution is -2.59. The fourth-order valence-corrected chi connectivity index (χ4v) is 6.60. The maximum Gasteiger partial charge on any atom is 0.243 e. The molecule has 13 nitrogen and oxygen atoms in total. The smallest absolute Gasteiger partial charge is 0.243 e. The number of hydrogen-bond donors (Lipinski definition) is 4. The number of nitrogens with zero attached hydrogens (tertiary/aromatic N) is 2. The quantitative estimate of drug-likeness (QED) is 0.0861. The first-order chi connectivity index (χ1) is 25.9. The highest BCUT2D eigenvalue weighted by Crippen LogP contribution is 2.31. The Kier molecular flexibility index (Phi) is 16.4. The van der Waals surface area contributed by atoms with Gasteiger partial charge in [-0.15, -0.1) is 0 Å². The summed E-state index contributed by atoms with van der Waals surface area (Å²) >= 11 is 0. The molecule has 0 unspecified atom stereocenters. The van der Waals surface area contributed by atoms with E-state index in [-0.39, 0.29) is 30.7 Å². The molecule has 0 radical (unpaired) electrons. The fraction of sp³-hybridized carbons (Fsp3) is 0.585. The second-order valence-electron chi connectivity index (χ2n) is 15.3. The van der Waals surface area contributed by atoms with Gasteiger partial charge in [-0.1, -0.05) is 93.5 Å². The van der Waals surface area contributed by atoms with Gasteiger partial charge in [-0.05, 0) is 55.6 Å². The average molecular weight is 749 g/mol. The average Bonchev–Trinajstić information content (AvgIpc) is 3.89. The molecule has 2 heterocycles. The molecule has 0 saturated carbocycles. The fourth-order valence-electron chi connectivity index (χ4n) is 6.60. The van der Waals surface area contributed by atoms with Gasteiger partial charge in [-0.25, -0.2) is 0 Å². The minimum atomic E-state index is -0.972. The number of epoxide rings is 1. The van der Waals surface area contributed by atoms with Crippen molar-refractivity contribution in [1.29, 1.82) is 0 Å². The van der Waals surface area contributed by atoms with Crippen LogP contribution in [0, 0.1) is 11.8 Å². The van der Waals surface area contributed by atoms with E-state index in [0.29, 0.717) is 64.3 Å². The zero-order chi connectivity index (χ0) is 39.1. The number of rotatable bonds is 21. The Morgan fingerprint density at radius 2 is 1.28 bits per heavy atom. The summed E-state index contributed by atoms with van der Waals surface area (Å²) in [5, 5.41) is 16.3. The molecule has 296 valence electrons. The number of ether oxygens (including phenoxy) is 2. The van der Waals surface area contributed by atoms with Crippen molar-refractivity contribution in [2.45, 2.75) is 96.5 Å². The van der Waals surface area contributed by atoms with E-state index in [1.54, 1.807) is 0 Å². The van der Waals surface area contributed by atoms with Crippen molar-refractivity contribution in [3.05, 3.63) is 71.8 Å². The lowest BCUT2D eigenvalue weighted by molar-refractivity contribution is -0.134. The van der Waals surface area contributed by atoms with E-state index in [0.717, 1.165) is 11.1 Å². The third-order valence-corrected chi connectivity index (χ3v) is 9.61. The van der Waals surface area contributed by atoms with Crippen molar-refractivity contribution < 1.29 is 33.5 Å². The van der Waals surface area contributed by atoms with E-state index < -0.39 is 47.5 Å². The number of amides is 4. The van der Waals surface area contributed by atoms with Crippen molar-refractivity contribution in [3.8, 4) is 0 Å². The van der Waals surface area contributed by atoms with Gasteiger partial charge in [-0.3, -0.25) is 24.1 Å². The molecule has 4 amide bonds. The van der Waals surface area contributed by atoms with E-state index in [2.05, 4.69) is 40.3 Å². The molecule has 0 bridgehead atoms. The number of carbonyl (C=O) groups excluding carboxylic acids is 4. The number of oxime groups is 1. The number of hydrogen-bond acceptors (Lipinski definition) is 9. The summed E-state index contributed by atoms with van der Waals surface area (Å²) in [5.74, 6) is -1.37. The second-order valence-corrected chi connectivity index (χ2v) is 15.3. The minimum Gasteiger partial charge on any atom is -0.399 e. The van der Waals surface area contributed by atoms with E-state index in [4.69, 9.17) is 14.3 Å². The van der Waals surface area contributed by atoms with E-state index in [1.807, 2.05) is 86.3 Å². The summed E-state index contributed by atoms with van der Waals surface area (Å²) in [5.41, 5.74) is 1.82. The van der Waals surface area contributed by atoms with Crippen LogP contribution >= 0.6 is 0 Å². The lowest BCUT2D eigenvalue weighted by Gasteiger charge is -2.29. The first-order valence-electron chi connectivity index (χ1n) is 19.2. The molecule has 0 aromatic heterocycles. The van der Waals surface area contributed by atoms with Crippen molar-refractivity contribution in [2.24, 2.45) is 17.0 Å². The van der Waals surface area contributed by atoms with Crippen LogP contribution < -0.4 is 21.3 Å². The van der Waals surface area contributed by atoms with Crippen LogP contribution in [0.1, 0.15) is 65.0 Å². The van der Waals surface area contributed by atoms with Crippen LogP contribution in [0.2, 0.25) is 0 Å². The summed E-state index contributed by atoms with van der Waals surface area (Å²) in [7, 11) is 1.46. The standard InChI is InChI=1S/C41H60N6O7/c1-28(2)23-33(37(46-52-6)41(5)27-54-41)43-40(51)35(25-31-15-11-8-12-16-31)45-39(50)34(24-29(3)4)44-38(49)32(18-17-30-13-9-7-10-14-30)42-36(48)26-47-19-21-53-22-20-47/h7-16,28-29,32-35H,17-27H2,1-6H3,(H,42,48)(H,43,51)(H,44,49)(H,45,50)/b46-37-/t32-,33-,34-,35-,41+/m0/s1. The first-order valence-corrected chi connectivity index (χ1v) is 19.2. The third kappa shape index (κ3) is 13.8. The largest absolute Gasteiger partial charge is 0.399 e. The van der Waals surface area contributed by atoms with Crippen LogP contribution in [-0.4, -0.2) is 111 Å². The number of morpholine rings is 1. The Bertz CT molecular complexity index is 1530. The number of benzene rings is 2. The molecule has 13 heteroatoms. The van der Waals surface area contributed by atoms with Gasteiger partial charge in [0.2, 0.25) is 23.6 Å². The first kappa shape index (κ1) is 42.4. The van der Waals surface area contributed by atoms with Gasteiger partial charge in [0.05, 0.1) is 32.4 Å². The van der Waals surface area contributed by atoms with Crippen LogP contribution in [0.3, 0.4) is 0 Å². The summed E-state index contributed by atoms with van der Waals surface area (Å²) in [6, 6.07) is 15.9. The van der Waals surface area contributed by atoms with Gasteiger partial charge in [-0.2, -0.15) is 0 Å². The molecule has 2 aromatic rings. The molecule has 4 rings (SSSR count). The summed E-state index contributed by atoms with van der Waals surface area (Å²) in [6.45, 7) is 12.9.